The third-order valence-electron chi connectivity index (χ3n) is 5.51. The van der Waals surface area contributed by atoms with Gasteiger partial charge in [0.2, 0.25) is 0 Å². The van der Waals surface area contributed by atoms with Gasteiger partial charge in [0.05, 0.1) is 43.9 Å². The molecule has 0 unspecified atom stereocenters. The zero-order valence-electron chi connectivity index (χ0n) is 19.2. The van der Waals surface area contributed by atoms with Gasteiger partial charge in [-0.15, -0.1) is 11.3 Å². The van der Waals surface area contributed by atoms with Crippen LogP contribution in [-0.4, -0.2) is 43.2 Å². The van der Waals surface area contributed by atoms with E-state index < -0.39 is 21.7 Å². The van der Waals surface area contributed by atoms with Crippen molar-refractivity contribution in [2.75, 3.05) is 13.4 Å². The first-order valence-corrected chi connectivity index (χ1v) is 14.3. The number of sulfone groups is 1. The Hall–Kier alpha value is -3.67. The van der Waals surface area contributed by atoms with Crippen LogP contribution >= 0.6 is 22.7 Å². The monoisotopic (exact) mass is 537 g/mol. The van der Waals surface area contributed by atoms with E-state index in [4.69, 9.17) is 9.72 Å². The van der Waals surface area contributed by atoms with E-state index in [1.807, 2.05) is 41.8 Å². The Labute approximate surface area is 214 Å². The van der Waals surface area contributed by atoms with Gasteiger partial charge in [-0.3, -0.25) is 9.59 Å². The van der Waals surface area contributed by atoms with E-state index in [1.165, 1.54) is 30.6 Å². The number of carbonyl (C=O) groups excluding carboxylic acids is 2. The van der Waals surface area contributed by atoms with Gasteiger partial charge in [-0.1, -0.05) is 35.6 Å². The maximum atomic E-state index is 13.6. The molecule has 11 heteroatoms. The molecule has 0 atom stereocenters. The second-order valence-corrected chi connectivity index (χ2v) is 11.9. The number of hydrogen-bond donors (Lipinski definition) is 0. The zero-order valence-corrected chi connectivity index (χ0v) is 21.6. The predicted molar refractivity (Wildman–Crippen MR) is 140 cm³/mol. The summed E-state index contributed by atoms with van der Waals surface area (Å²) >= 11 is 2.65. The van der Waals surface area contributed by atoms with E-state index in [1.54, 1.807) is 16.7 Å². The van der Waals surface area contributed by atoms with Crippen molar-refractivity contribution in [1.82, 2.24) is 9.55 Å². The molecule has 0 N–H and O–H groups in total. The number of fused-ring (bicyclic) bond motifs is 2. The molecule has 3 heterocycles. The number of para-hydroxylation sites is 1. The van der Waals surface area contributed by atoms with Crippen molar-refractivity contribution in [3.05, 3.63) is 76.4 Å². The first kappa shape index (κ1) is 24.0. The molecular weight excluding hydrogens is 518 g/mol. The molecule has 0 radical (unpaired) electrons. The van der Waals surface area contributed by atoms with Gasteiger partial charge in [0.25, 0.3) is 5.91 Å². The van der Waals surface area contributed by atoms with Crippen LogP contribution in [0.1, 0.15) is 10.4 Å². The lowest BCUT2D eigenvalue weighted by Gasteiger charge is -2.07. The van der Waals surface area contributed by atoms with Crippen LogP contribution in [0.2, 0.25) is 0 Å². The number of benzene rings is 2. The van der Waals surface area contributed by atoms with E-state index in [-0.39, 0.29) is 16.2 Å². The molecule has 0 saturated heterocycles. The van der Waals surface area contributed by atoms with Crippen LogP contribution in [0.5, 0.6) is 0 Å². The maximum absolute atomic E-state index is 13.6. The summed E-state index contributed by atoms with van der Waals surface area (Å²) in [6, 6.07) is 17.5. The molecule has 0 aliphatic rings. The Morgan fingerprint density at radius 3 is 2.61 bits per heavy atom. The normalized spacial score (nSPS) is 12.3. The fourth-order valence-corrected chi connectivity index (χ4v) is 6.24. The van der Waals surface area contributed by atoms with Gasteiger partial charge in [-0.05, 0) is 41.8 Å². The highest BCUT2D eigenvalue weighted by molar-refractivity contribution is 7.90. The van der Waals surface area contributed by atoms with Gasteiger partial charge < -0.3 is 9.30 Å². The highest BCUT2D eigenvalue weighted by Gasteiger charge is 2.18. The van der Waals surface area contributed by atoms with Gasteiger partial charge in [0.1, 0.15) is 6.54 Å². The average Bonchev–Trinajstić information content (AvgIpc) is 3.51. The van der Waals surface area contributed by atoms with Crippen molar-refractivity contribution < 1.29 is 22.7 Å². The van der Waals surface area contributed by atoms with Crippen LogP contribution in [0.3, 0.4) is 0 Å². The molecule has 0 fully saturated rings. The predicted octanol–water partition coefficient (Wildman–Crippen LogP) is 4.30. The summed E-state index contributed by atoms with van der Waals surface area (Å²) in [5.74, 6) is -1.02. The number of ether oxygens (including phenoxy) is 1. The van der Waals surface area contributed by atoms with Gasteiger partial charge in [0.15, 0.2) is 14.6 Å². The van der Waals surface area contributed by atoms with Crippen molar-refractivity contribution >= 4 is 65.5 Å². The first-order valence-electron chi connectivity index (χ1n) is 10.7. The first-order chi connectivity index (χ1) is 17.2. The molecule has 0 saturated carbocycles. The summed E-state index contributed by atoms with van der Waals surface area (Å²) in [7, 11) is -2.17. The molecule has 0 bridgehead atoms. The maximum Gasteiger partial charge on any atom is 0.325 e. The standard InChI is InChI=1S/C25H19N3O5S3/c1-33-23(29)14-28-20-10-9-15(36(2,31)32)12-22(20)35-25(28)27-24(30)17-13-19(21-8-5-11-34-21)26-18-7-4-3-6-16(17)18/h3-13H,14H2,1-2H3. The van der Waals surface area contributed by atoms with Crippen molar-refractivity contribution in [2.24, 2.45) is 4.99 Å². The van der Waals surface area contributed by atoms with Crippen molar-refractivity contribution in [1.29, 1.82) is 0 Å². The van der Waals surface area contributed by atoms with Gasteiger partial charge in [0, 0.05) is 11.6 Å². The minimum Gasteiger partial charge on any atom is -0.468 e. The smallest absolute Gasteiger partial charge is 0.325 e. The number of thiophene rings is 1. The topological polar surface area (TPSA) is 108 Å². The van der Waals surface area contributed by atoms with Gasteiger partial charge in [-0.2, -0.15) is 4.99 Å². The second kappa shape index (κ2) is 9.41. The molecule has 5 aromatic rings. The van der Waals surface area contributed by atoms with Crippen LogP contribution in [-0.2, 0) is 25.9 Å². The minimum absolute atomic E-state index is 0.139. The fourth-order valence-electron chi connectivity index (χ4n) is 3.77. The van der Waals surface area contributed by atoms with Crippen LogP contribution < -0.4 is 4.80 Å². The van der Waals surface area contributed by atoms with Gasteiger partial charge >= 0.3 is 5.97 Å². The second-order valence-electron chi connectivity index (χ2n) is 7.92. The Morgan fingerprint density at radius 1 is 1.08 bits per heavy atom. The summed E-state index contributed by atoms with van der Waals surface area (Å²) in [6.45, 7) is -0.182. The lowest BCUT2D eigenvalue weighted by molar-refractivity contribution is -0.141. The lowest BCUT2D eigenvalue weighted by Crippen LogP contribution is -2.22. The number of pyridine rings is 1. The quantitative estimate of drug-likeness (QED) is 0.310. The molecule has 5 rings (SSSR count). The summed E-state index contributed by atoms with van der Waals surface area (Å²) in [5, 5.41) is 2.60. The summed E-state index contributed by atoms with van der Waals surface area (Å²) in [4.78, 5) is 36.1. The molecule has 0 aliphatic carbocycles. The van der Waals surface area contributed by atoms with E-state index in [2.05, 4.69) is 4.99 Å². The van der Waals surface area contributed by atoms with E-state index in [9.17, 15) is 18.0 Å². The Balaban J connectivity index is 1.71. The highest BCUT2D eigenvalue weighted by Crippen LogP contribution is 2.28. The number of hydrogen-bond acceptors (Lipinski definition) is 8. The SMILES string of the molecule is COC(=O)Cn1c(=NC(=O)c2cc(-c3cccs3)nc3ccccc23)sc2cc(S(C)(=O)=O)ccc21. The summed E-state index contributed by atoms with van der Waals surface area (Å²) < 4.78 is 31.1. The molecule has 3 aromatic heterocycles. The van der Waals surface area contributed by atoms with Crippen molar-refractivity contribution in [3.63, 3.8) is 0 Å². The number of carbonyl (C=O) groups is 2. The molecule has 182 valence electrons. The lowest BCUT2D eigenvalue weighted by atomic mass is 10.1. The molecule has 1 amide bonds. The molecule has 36 heavy (non-hydrogen) atoms. The largest absolute Gasteiger partial charge is 0.468 e. The van der Waals surface area contributed by atoms with Crippen LogP contribution in [0.4, 0.5) is 0 Å². The third-order valence-corrected chi connectivity index (χ3v) is 8.56. The summed E-state index contributed by atoms with van der Waals surface area (Å²) in [6.07, 6.45) is 1.12. The Bertz CT molecular complexity index is 1820. The molecular formula is C25H19N3O5S3. The number of rotatable bonds is 5. The molecule has 8 nitrogen and oxygen atoms in total. The number of nitrogens with zero attached hydrogens (tertiary/aromatic N) is 3. The average molecular weight is 538 g/mol. The number of methoxy groups -OCH3 is 1. The number of esters is 1. The molecule has 0 aliphatic heterocycles. The molecule has 0 spiro atoms. The fraction of sp³-hybridized carbons (Fsp3) is 0.120. The Kier molecular flexibility index (Phi) is 6.29. The van der Waals surface area contributed by atoms with Crippen LogP contribution in [0.25, 0.3) is 31.7 Å². The Morgan fingerprint density at radius 2 is 1.89 bits per heavy atom. The highest BCUT2D eigenvalue weighted by atomic mass is 32.2. The zero-order chi connectivity index (χ0) is 25.4. The number of aromatic nitrogens is 2. The van der Waals surface area contributed by atoms with Crippen LogP contribution in [0, 0.1) is 0 Å². The van der Waals surface area contributed by atoms with E-state index >= 15 is 0 Å². The van der Waals surface area contributed by atoms with Crippen molar-refractivity contribution in [3.8, 4) is 10.6 Å². The molecule has 2 aromatic carbocycles. The summed E-state index contributed by atoms with van der Waals surface area (Å²) in [5.41, 5.74) is 2.28. The van der Waals surface area contributed by atoms with E-state index in [0.29, 0.717) is 32.4 Å². The van der Waals surface area contributed by atoms with Crippen molar-refractivity contribution in [2.45, 2.75) is 11.4 Å². The van der Waals surface area contributed by atoms with E-state index in [0.717, 1.165) is 22.5 Å². The van der Waals surface area contributed by atoms with Gasteiger partial charge in [-0.25, -0.2) is 13.4 Å². The number of thiazole rings is 1. The number of amides is 1. The van der Waals surface area contributed by atoms with Crippen LogP contribution in [0.15, 0.2) is 75.9 Å². The minimum atomic E-state index is -3.44. The third kappa shape index (κ3) is 4.60.